The van der Waals surface area contributed by atoms with E-state index in [2.05, 4.69) is 0 Å². The Balaban J connectivity index is 1.41. The van der Waals surface area contributed by atoms with Crippen LogP contribution in [0.15, 0.2) is 60.7 Å². The SMILES string of the molecule is O=C(OCc1ccccc1)C1CN1C(=O)OCc1ccccc1. The molecule has 1 heterocycles. The van der Waals surface area contributed by atoms with Crippen molar-refractivity contribution in [3.05, 3.63) is 71.8 Å². The molecule has 5 nitrogen and oxygen atoms in total. The Labute approximate surface area is 134 Å². The summed E-state index contributed by atoms with van der Waals surface area (Å²) in [5.74, 6) is -0.398. The van der Waals surface area contributed by atoms with E-state index in [1.807, 2.05) is 60.7 Å². The zero-order valence-electron chi connectivity index (χ0n) is 12.6. The van der Waals surface area contributed by atoms with Crippen molar-refractivity contribution in [2.75, 3.05) is 6.54 Å². The molecule has 1 aliphatic heterocycles. The van der Waals surface area contributed by atoms with E-state index < -0.39 is 18.1 Å². The monoisotopic (exact) mass is 311 g/mol. The Bertz CT molecular complexity index is 612. The summed E-state index contributed by atoms with van der Waals surface area (Å²) in [6.45, 7) is 0.756. The number of carbonyl (C=O) groups excluding carboxylic acids is 2. The summed E-state index contributed by atoms with van der Waals surface area (Å²) >= 11 is 0. The second-order valence-electron chi connectivity index (χ2n) is 5.30. The second kappa shape index (κ2) is 6.96. The lowest BCUT2D eigenvalue weighted by molar-refractivity contribution is -0.145. The molecule has 1 fully saturated rings. The van der Waals surface area contributed by atoms with Gasteiger partial charge in [0, 0.05) is 0 Å². The van der Waals surface area contributed by atoms with Gasteiger partial charge in [0.05, 0.1) is 6.54 Å². The van der Waals surface area contributed by atoms with Crippen molar-refractivity contribution < 1.29 is 19.1 Å². The molecule has 1 saturated heterocycles. The van der Waals surface area contributed by atoms with Crippen molar-refractivity contribution in [2.45, 2.75) is 19.3 Å². The largest absolute Gasteiger partial charge is 0.459 e. The number of rotatable bonds is 5. The minimum Gasteiger partial charge on any atom is -0.459 e. The van der Waals surface area contributed by atoms with Crippen LogP contribution in [0.2, 0.25) is 0 Å². The third-order valence-corrected chi connectivity index (χ3v) is 3.55. The lowest BCUT2D eigenvalue weighted by Crippen LogP contribution is -2.21. The predicted molar refractivity (Wildman–Crippen MR) is 83.4 cm³/mol. The summed E-state index contributed by atoms with van der Waals surface area (Å²) < 4.78 is 10.4. The molecule has 5 heteroatoms. The standard InChI is InChI=1S/C18H17NO4/c20-17(22-12-14-7-3-1-4-8-14)16-11-19(16)18(21)23-13-15-9-5-2-6-10-15/h1-10,16H,11-13H2. The Hall–Kier alpha value is -2.82. The fourth-order valence-electron chi connectivity index (χ4n) is 2.17. The molecular weight excluding hydrogens is 294 g/mol. The fraction of sp³-hybridized carbons (Fsp3) is 0.222. The molecule has 0 aliphatic carbocycles. The molecule has 23 heavy (non-hydrogen) atoms. The Morgan fingerprint density at radius 1 is 0.870 bits per heavy atom. The third kappa shape index (κ3) is 4.10. The summed E-state index contributed by atoms with van der Waals surface area (Å²) in [6, 6.07) is 18.3. The van der Waals surface area contributed by atoms with Crippen molar-refractivity contribution >= 4 is 12.1 Å². The number of carbonyl (C=O) groups is 2. The van der Waals surface area contributed by atoms with Crippen LogP contribution in [0.25, 0.3) is 0 Å². The molecule has 2 aromatic carbocycles. The number of ether oxygens (including phenoxy) is 2. The lowest BCUT2D eigenvalue weighted by Gasteiger charge is -2.07. The van der Waals surface area contributed by atoms with Gasteiger partial charge in [-0.2, -0.15) is 0 Å². The van der Waals surface area contributed by atoms with Crippen LogP contribution < -0.4 is 0 Å². The first kappa shape index (κ1) is 15.1. The lowest BCUT2D eigenvalue weighted by atomic mass is 10.2. The maximum Gasteiger partial charge on any atom is 0.411 e. The van der Waals surface area contributed by atoms with Gasteiger partial charge >= 0.3 is 12.1 Å². The van der Waals surface area contributed by atoms with Gasteiger partial charge in [0.15, 0.2) is 6.04 Å². The quantitative estimate of drug-likeness (QED) is 0.629. The number of nitrogens with zero attached hydrogens (tertiary/aromatic N) is 1. The summed E-state index contributed by atoms with van der Waals surface area (Å²) in [5.41, 5.74) is 1.82. The summed E-state index contributed by atoms with van der Waals surface area (Å²) in [4.78, 5) is 25.1. The molecule has 0 N–H and O–H groups in total. The maximum absolute atomic E-state index is 11.9. The maximum atomic E-state index is 11.9. The van der Waals surface area contributed by atoms with Crippen LogP contribution >= 0.6 is 0 Å². The normalized spacial score (nSPS) is 15.8. The van der Waals surface area contributed by atoms with E-state index in [4.69, 9.17) is 9.47 Å². The number of amides is 1. The first-order valence-electron chi connectivity index (χ1n) is 7.42. The van der Waals surface area contributed by atoms with Crippen LogP contribution in [0.1, 0.15) is 11.1 Å². The van der Waals surface area contributed by atoms with Gasteiger partial charge < -0.3 is 9.47 Å². The van der Waals surface area contributed by atoms with Crippen molar-refractivity contribution in [3.8, 4) is 0 Å². The molecule has 0 radical (unpaired) electrons. The molecule has 1 aliphatic rings. The average molecular weight is 311 g/mol. The highest BCUT2D eigenvalue weighted by molar-refractivity contribution is 5.86. The van der Waals surface area contributed by atoms with E-state index in [1.165, 1.54) is 4.90 Å². The predicted octanol–water partition coefficient (Wildman–Crippen LogP) is 2.75. The van der Waals surface area contributed by atoms with E-state index in [9.17, 15) is 9.59 Å². The van der Waals surface area contributed by atoms with Crippen LogP contribution in [0.5, 0.6) is 0 Å². The van der Waals surface area contributed by atoms with Crippen LogP contribution in [0, 0.1) is 0 Å². The van der Waals surface area contributed by atoms with Crippen molar-refractivity contribution in [1.82, 2.24) is 4.90 Å². The first-order valence-corrected chi connectivity index (χ1v) is 7.42. The topological polar surface area (TPSA) is 55.6 Å². The van der Waals surface area contributed by atoms with E-state index >= 15 is 0 Å². The van der Waals surface area contributed by atoms with E-state index in [-0.39, 0.29) is 13.2 Å². The van der Waals surface area contributed by atoms with Crippen LogP contribution in [0.3, 0.4) is 0 Å². The van der Waals surface area contributed by atoms with Gasteiger partial charge in [-0.3, -0.25) is 4.90 Å². The van der Waals surface area contributed by atoms with Crippen LogP contribution in [-0.4, -0.2) is 29.5 Å². The number of esters is 1. The molecule has 1 atom stereocenters. The first-order chi connectivity index (χ1) is 11.2. The van der Waals surface area contributed by atoms with Gasteiger partial charge in [0.2, 0.25) is 0 Å². The van der Waals surface area contributed by atoms with Gasteiger partial charge in [-0.15, -0.1) is 0 Å². The Morgan fingerprint density at radius 2 is 1.39 bits per heavy atom. The van der Waals surface area contributed by atoms with Crippen molar-refractivity contribution in [1.29, 1.82) is 0 Å². The second-order valence-corrected chi connectivity index (χ2v) is 5.30. The van der Waals surface area contributed by atoms with Gasteiger partial charge in [0.25, 0.3) is 0 Å². The molecular formula is C18H17NO4. The molecule has 0 saturated carbocycles. The van der Waals surface area contributed by atoms with E-state index in [0.717, 1.165) is 11.1 Å². The van der Waals surface area contributed by atoms with Gasteiger partial charge in [-0.25, -0.2) is 9.59 Å². The smallest absolute Gasteiger partial charge is 0.411 e. The van der Waals surface area contributed by atoms with Gasteiger partial charge in [-0.05, 0) is 11.1 Å². The van der Waals surface area contributed by atoms with Crippen molar-refractivity contribution in [3.63, 3.8) is 0 Å². The highest BCUT2D eigenvalue weighted by atomic mass is 16.6. The minimum absolute atomic E-state index is 0.196. The van der Waals surface area contributed by atoms with E-state index in [1.54, 1.807) is 0 Å². The Kier molecular flexibility index (Phi) is 4.57. The molecule has 1 unspecified atom stereocenters. The summed E-state index contributed by atoms with van der Waals surface area (Å²) in [5, 5.41) is 0. The fourth-order valence-corrected chi connectivity index (χ4v) is 2.17. The van der Waals surface area contributed by atoms with Gasteiger partial charge in [-0.1, -0.05) is 60.7 Å². The molecule has 0 aromatic heterocycles. The zero-order chi connectivity index (χ0) is 16.1. The molecule has 3 rings (SSSR count). The average Bonchev–Trinajstić information content (AvgIpc) is 3.40. The molecule has 2 aromatic rings. The molecule has 118 valence electrons. The number of hydrogen-bond acceptors (Lipinski definition) is 4. The minimum atomic E-state index is -0.526. The van der Waals surface area contributed by atoms with E-state index in [0.29, 0.717) is 6.54 Å². The number of benzene rings is 2. The van der Waals surface area contributed by atoms with Gasteiger partial charge in [0.1, 0.15) is 13.2 Å². The zero-order valence-corrected chi connectivity index (χ0v) is 12.6. The van der Waals surface area contributed by atoms with Crippen molar-refractivity contribution in [2.24, 2.45) is 0 Å². The van der Waals surface area contributed by atoms with Crippen LogP contribution in [-0.2, 0) is 27.5 Å². The third-order valence-electron chi connectivity index (χ3n) is 3.55. The number of hydrogen-bond donors (Lipinski definition) is 0. The highest BCUT2D eigenvalue weighted by Crippen LogP contribution is 2.21. The summed E-state index contributed by atoms with van der Waals surface area (Å²) in [6.07, 6.45) is -0.490. The Morgan fingerprint density at radius 3 is 1.96 bits per heavy atom. The summed E-state index contributed by atoms with van der Waals surface area (Å²) in [7, 11) is 0. The molecule has 0 bridgehead atoms. The molecule has 0 spiro atoms. The van der Waals surface area contributed by atoms with Crippen LogP contribution in [0.4, 0.5) is 4.79 Å². The highest BCUT2D eigenvalue weighted by Gasteiger charge is 2.46. The molecule has 1 amide bonds.